The molecule has 1 aromatic rings. The summed E-state index contributed by atoms with van der Waals surface area (Å²) in [5.41, 5.74) is 0.893. The molecule has 18 heavy (non-hydrogen) atoms. The van der Waals surface area contributed by atoms with E-state index in [0.29, 0.717) is 6.54 Å². The average molecular weight is 267 g/mol. The van der Waals surface area contributed by atoms with Crippen molar-refractivity contribution in [1.29, 1.82) is 0 Å². The summed E-state index contributed by atoms with van der Waals surface area (Å²) in [6.07, 6.45) is 0.429. The highest BCUT2D eigenvalue weighted by Crippen LogP contribution is 2.21. The number of Topliss-reactive ketones (excluding diaryl/α,β-unsaturated/α-hetero) is 1. The van der Waals surface area contributed by atoms with Crippen LogP contribution in [-0.4, -0.2) is 42.5 Å². The van der Waals surface area contributed by atoms with Gasteiger partial charge in [-0.3, -0.25) is 9.69 Å². The Morgan fingerprint density at radius 3 is 2.50 bits per heavy atom. The molecule has 2 unspecified atom stereocenters. The Morgan fingerprint density at radius 1 is 1.39 bits per heavy atom. The van der Waals surface area contributed by atoms with Crippen molar-refractivity contribution in [2.75, 3.05) is 19.6 Å². The highest BCUT2D eigenvalue weighted by atomic mass is 32.1. The lowest BCUT2D eigenvalue weighted by atomic mass is 10.1. The number of nitrogens with zero attached hydrogens (tertiary/aromatic N) is 1. The molecule has 0 saturated carbocycles. The molecule has 2 atom stereocenters. The van der Waals surface area contributed by atoms with Crippen LogP contribution in [0.15, 0.2) is 6.07 Å². The highest BCUT2D eigenvalue weighted by molar-refractivity contribution is 7.12. The number of carbonyl (C=O) groups excluding carboxylic acids is 1. The largest absolute Gasteiger partial charge is 0.373 e. The number of thiophene rings is 1. The predicted octanol–water partition coefficient (Wildman–Crippen LogP) is 2.66. The molecular weight excluding hydrogens is 246 g/mol. The van der Waals surface area contributed by atoms with Gasteiger partial charge in [0.25, 0.3) is 0 Å². The monoisotopic (exact) mass is 267 g/mol. The van der Waals surface area contributed by atoms with Gasteiger partial charge in [0, 0.05) is 28.4 Å². The topological polar surface area (TPSA) is 29.5 Å². The van der Waals surface area contributed by atoms with Crippen molar-refractivity contribution in [3.05, 3.63) is 21.4 Å². The molecule has 1 fully saturated rings. The molecule has 4 heteroatoms. The summed E-state index contributed by atoms with van der Waals surface area (Å²) >= 11 is 1.70. The van der Waals surface area contributed by atoms with Crippen LogP contribution in [0, 0.1) is 13.8 Å². The minimum atomic E-state index is 0.215. The second-order valence-electron chi connectivity index (χ2n) is 5.20. The lowest BCUT2D eigenvalue weighted by molar-refractivity contribution is -0.0652. The molecule has 2 rings (SSSR count). The number of rotatable bonds is 3. The van der Waals surface area contributed by atoms with E-state index in [-0.39, 0.29) is 18.0 Å². The van der Waals surface area contributed by atoms with E-state index < -0.39 is 0 Å². The molecular formula is C14H21NO2S. The van der Waals surface area contributed by atoms with Crippen molar-refractivity contribution in [1.82, 2.24) is 4.90 Å². The van der Waals surface area contributed by atoms with Gasteiger partial charge in [0.15, 0.2) is 5.78 Å². The molecule has 0 aromatic carbocycles. The molecule has 0 bridgehead atoms. The van der Waals surface area contributed by atoms with E-state index in [1.165, 1.54) is 4.88 Å². The number of ether oxygens (including phenoxy) is 1. The fourth-order valence-corrected chi connectivity index (χ4v) is 3.55. The maximum atomic E-state index is 12.3. The summed E-state index contributed by atoms with van der Waals surface area (Å²) in [7, 11) is 0. The third-order valence-electron chi connectivity index (χ3n) is 3.20. The highest BCUT2D eigenvalue weighted by Gasteiger charge is 2.24. The summed E-state index contributed by atoms with van der Waals surface area (Å²) in [6, 6.07) is 2.01. The first-order chi connectivity index (χ1) is 8.45. The Labute approximate surface area is 113 Å². The molecule has 0 spiro atoms. The Morgan fingerprint density at radius 2 is 2.00 bits per heavy atom. The first kappa shape index (κ1) is 13.7. The lowest BCUT2D eigenvalue weighted by Crippen LogP contribution is -2.47. The lowest BCUT2D eigenvalue weighted by Gasteiger charge is -2.34. The zero-order chi connectivity index (χ0) is 13.3. The molecule has 1 aromatic heterocycles. The Hall–Kier alpha value is -0.710. The molecule has 1 saturated heterocycles. The fourth-order valence-electron chi connectivity index (χ4n) is 2.61. The number of morpholine rings is 1. The number of hydrogen-bond donors (Lipinski definition) is 0. The summed E-state index contributed by atoms with van der Waals surface area (Å²) in [6.45, 7) is 10.4. The van der Waals surface area contributed by atoms with Gasteiger partial charge in [0.05, 0.1) is 18.8 Å². The van der Waals surface area contributed by atoms with Gasteiger partial charge >= 0.3 is 0 Å². The smallest absolute Gasteiger partial charge is 0.177 e. The third kappa shape index (κ3) is 3.19. The minimum Gasteiger partial charge on any atom is -0.373 e. The molecule has 100 valence electrons. The molecule has 0 aliphatic carbocycles. The Kier molecular flexibility index (Phi) is 4.20. The average Bonchev–Trinajstić information content (AvgIpc) is 2.56. The normalized spacial score (nSPS) is 25.3. The van der Waals surface area contributed by atoms with E-state index >= 15 is 0 Å². The van der Waals surface area contributed by atoms with Gasteiger partial charge in [-0.05, 0) is 33.8 Å². The number of aryl methyl sites for hydroxylation is 2. The van der Waals surface area contributed by atoms with Crippen LogP contribution in [-0.2, 0) is 4.74 Å². The molecule has 0 N–H and O–H groups in total. The standard InChI is InChI=1S/C14H21NO2S/c1-9-6-15(7-10(2)17-9)8-14(16)13-5-11(3)18-12(13)4/h5,9-10H,6-8H2,1-4H3. The van der Waals surface area contributed by atoms with Gasteiger partial charge in [-0.25, -0.2) is 0 Å². The fraction of sp³-hybridized carbons (Fsp3) is 0.643. The van der Waals surface area contributed by atoms with E-state index in [9.17, 15) is 4.79 Å². The molecule has 0 amide bonds. The van der Waals surface area contributed by atoms with E-state index in [1.54, 1.807) is 11.3 Å². The van der Waals surface area contributed by atoms with E-state index in [0.717, 1.165) is 23.5 Å². The second-order valence-corrected chi connectivity index (χ2v) is 6.66. The van der Waals surface area contributed by atoms with Crippen LogP contribution in [0.2, 0.25) is 0 Å². The summed E-state index contributed by atoms with van der Waals surface area (Å²) in [4.78, 5) is 16.8. The van der Waals surface area contributed by atoms with E-state index in [4.69, 9.17) is 4.74 Å². The summed E-state index contributed by atoms with van der Waals surface area (Å²) in [5.74, 6) is 0.234. The van der Waals surface area contributed by atoms with Crippen molar-refractivity contribution >= 4 is 17.1 Å². The Bertz CT molecular complexity index is 431. The first-order valence-corrected chi connectivity index (χ1v) is 7.25. The van der Waals surface area contributed by atoms with Crippen LogP contribution < -0.4 is 0 Å². The molecule has 2 heterocycles. The van der Waals surface area contributed by atoms with Crippen LogP contribution in [0.25, 0.3) is 0 Å². The van der Waals surface area contributed by atoms with Gasteiger partial charge < -0.3 is 4.74 Å². The van der Waals surface area contributed by atoms with Crippen molar-refractivity contribution in [3.63, 3.8) is 0 Å². The van der Waals surface area contributed by atoms with Crippen LogP contribution in [0.3, 0.4) is 0 Å². The van der Waals surface area contributed by atoms with Crippen molar-refractivity contribution < 1.29 is 9.53 Å². The van der Waals surface area contributed by atoms with Gasteiger partial charge in [-0.1, -0.05) is 0 Å². The SMILES string of the molecule is Cc1cc(C(=O)CN2CC(C)OC(C)C2)c(C)s1. The van der Waals surface area contributed by atoms with Crippen LogP contribution >= 0.6 is 11.3 Å². The number of carbonyl (C=O) groups is 1. The maximum Gasteiger partial charge on any atom is 0.177 e. The Balaban J connectivity index is 2.01. The van der Waals surface area contributed by atoms with Crippen LogP contribution in [0.5, 0.6) is 0 Å². The van der Waals surface area contributed by atoms with E-state index in [2.05, 4.69) is 18.7 Å². The molecule has 1 aliphatic heterocycles. The number of hydrogen-bond acceptors (Lipinski definition) is 4. The summed E-state index contributed by atoms with van der Waals surface area (Å²) < 4.78 is 5.68. The van der Waals surface area contributed by atoms with Gasteiger partial charge in [0.2, 0.25) is 0 Å². The zero-order valence-corrected chi connectivity index (χ0v) is 12.3. The van der Waals surface area contributed by atoms with Crippen molar-refractivity contribution in [3.8, 4) is 0 Å². The van der Waals surface area contributed by atoms with Crippen LogP contribution in [0.4, 0.5) is 0 Å². The van der Waals surface area contributed by atoms with Gasteiger partial charge in [0.1, 0.15) is 0 Å². The van der Waals surface area contributed by atoms with Crippen molar-refractivity contribution in [2.45, 2.75) is 39.9 Å². The van der Waals surface area contributed by atoms with Gasteiger partial charge in [-0.15, -0.1) is 11.3 Å². The molecule has 0 radical (unpaired) electrons. The maximum absolute atomic E-state index is 12.3. The quantitative estimate of drug-likeness (QED) is 0.789. The van der Waals surface area contributed by atoms with E-state index in [1.807, 2.05) is 19.9 Å². The third-order valence-corrected chi connectivity index (χ3v) is 4.17. The molecule has 1 aliphatic rings. The van der Waals surface area contributed by atoms with Crippen LogP contribution in [0.1, 0.15) is 34.0 Å². The van der Waals surface area contributed by atoms with Crippen molar-refractivity contribution in [2.24, 2.45) is 0 Å². The first-order valence-electron chi connectivity index (χ1n) is 6.43. The number of ketones is 1. The predicted molar refractivity (Wildman–Crippen MR) is 74.6 cm³/mol. The summed E-state index contributed by atoms with van der Waals surface area (Å²) in [5, 5.41) is 0. The molecule has 3 nitrogen and oxygen atoms in total. The van der Waals surface area contributed by atoms with Gasteiger partial charge in [-0.2, -0.15) is 0 Å². The zero-order valence-electron chi connectivity index (χ0n) is 11.5. The second kappa shape index (κ2) is 5.51. The minimum absolute atomic E-state index is 0.215.